The molecule has 0 aliphatic rings. The first-order chi connectivity index (χ1) is 20.6. The van der Waals surface area contributed by atoms with E-state index in [2.05, 4.69) is 148 Å². The molecule has 6 heteroatoms. The first-order valence-electron chi connectivity index (χ1n) is 13.7. The number of hydrogen-bond acceptors (Lipinski definition) is 2. The lowest BCUT2D eigenvalue weighted by Crippen LogP contribution is -1.80. The Hall–Kier alpha value is -3.60. The monoisotopic (exact) mass is 780 g/mol. The molecule has 0 aliphatic carbocycles. The van der Waals surface area contributed by atoms with Crippen LogP contribution in [-0.2, 0) is 0 Å². The highest BCUT2D eigenvalue weighted by molar-refractivity contribution is 14.1. The number of furan rings is 1. The Kier molecular flexibility index (Phi) is 4.83. The van der Waals surface area contributed by atoms with Crippen molar-refractivity contribution in [2.75, 3.05) is 0 Å². The standard InChI is InChI=1S/C36H18I2N2OS/c37-39-29-7-3-1-5-21(29)25-18-36-28(16-32(25)39)27-14-20(10-12-35(27)42-36)19-9-11-30-23(13-19)24-17-34-26(15-31(24)40(30)38)22-6-2-4-8-33(22)41-34/h1-18H. The summed E-state index contributed by atoms with van der Waals surface area (Å²) in [5, 5.41) is 10.0. The maximum Gasteiger partial charge on any atom is 0.136 e. The van der Waals surface area contributed by atoms with Gasteiger partial charge in [-0.2, -0.15) is 0 Å². The van der Waals surface area contributed by atoms with Crippen molar-refractivity contribution in [1.82, 2.24) is 5.56 Å². The van der Waals surface area contributed by atoms with Gasteiger partial charge in [-0.25, -0.2) is 0 Å². The van der Waals surface area contributed by atoms with E-state index in [1.54, 1.807) is 0 Å². The Morgan fingerprint density at radius 1 is 0.429 bits per heavy atom. The van der Waals surface area contributed by atoms with Crippen LogP contribution in [0.25, 0.3) is 96.8 Å². The minimum atomic E-state index is 0.932. The smallest absolute Gasteiger partial charge is 0.136 e. The summed E-state index contributed by atoms with van der Waals surface area (Å²) in [5.74, 6) is 0. The highest BCUT2D eigenvalue weighted by Crippen LogP contribution is 2.43. The Morgan fingerprint density at radius 2 is 1.05 bits per heavy atom. The lowest BCUT2D eigenvalue weighted by Gasteiger charge is -2.04. The molecule has 0 saturated heterocycles. The second-order valence-corrected chi connectivity index (χ2v) is 14.0. The van der Waals surface area contributed by atoms with Crippen molar-refractivity contribution < 1.29 is 4.42 Å². The third kappa shape index (κ3) is 3.15. The molecular weight excluding hydrogens is 762 g/mol. The van der Waals surface area contributed by atoms with Crippen molar-refractivity contribution in [2.24, 2.45) is 0 Å². The molecule has 42 heavy (non-hydrogen) atoms. The molecule has 0 saturated carbocycles. The Morgan fingerprint density at radius 3 is 1.90 bits per heavy atom. The fourth-order valence-corrected chi connectivity index (χ4v) is 9.49. The summed E-state index contributed by atoms with van der Waals surface area (Å²) in [6, 6.07) is 40.0. The molecule has 0 amide bonds. The molecule has 0 N–H and O–H groups in total. The van der Waals surface area contributed by atoms with Crippen LogP contribution < -0.4 is 0 Å². The van der Waals surface area contributed by atoms with Crippen molar-refractivity contribution >= 4 is 143 Å². The summed E-state index contributed by atoms with van der Waals surface area (Å²) in [6.45, 7) is 0. The van der Waals surface area contributed by atoms with E-state index in [1.807, 2.05) is 23.5 Å². The molecular formula is C36H18I2N2OS. The predicted molar refractivity (Wildman–Crippen MR) is 197 cm³/mol. The lowest BCUT2D eigenvalue weighted by atomic mass is 10.00. The van der Waals surface area contributed by atoms with Crippen molar-refractivity contribution in [1.29, 1.82) is 0 Å². The van der Waals surface area contributed by atoms with Gasteiger partial charge >= 0.3 is 0 Å². The topological polar surface area (TPSA) is 23.0 Å². The van der Waals surface area contributed by atoms with Gasteiger partial charge in [0.25, 0.3) is 0 Å². The number of fused-ring (bicyclic) bond motifs is 12. The number of hydrogen-bond donors (Lipinski definition) is 0. The van der Waals surface area contributed by atoms with E-state index in [0.717, 1.165) is 21.9 Å². The van der Waals surface area contributed by atoms with Gasteiger partial charge in [-0.1, -0.05) is 48.5 Å². The van der Waals surface area contributed by atoms with Gasteiger partial charge in [0.2, 0.25) is 0 Å². The van der Waals surface area contributed by atoms with Crippen molar-refractivity contribution in [3.63, 3.8) is 0 Å². The van der Waals surface area contributed by atoms with E-state index in [9.17, 15) is 0 Å². The van der Waals surface area contributed by atoms with Crippen LogP contribution in [0.3, 0.4) is 0 Å². The second-order valence-electron chi connectivity index (χ2n) is 11.0. The fraction of sp³-hybridized carbons (Fsp3) is 0. The zero-order chi connectivity index (χ0) is 27.7. The molecule has 4 heterocycles. The average Bonchev–Trinajstić information content (AvgIpc) is 3.74. The van der Waals surface area contributed by atoms with Crippen LogP contribution in [0.1, 0.15) is 0 Å². The van der Waals surface area contributed by atoms with E-state index in [-0.39, 0.29) is 0 Å². The van der Waals surface area contributed by atoms with Gasteiger partial charge in [0.1, 0.15) is 11.2 Å². The maximum absolute atomic E-state index is 6.26. The van der Waals surface area contributed by atoms with Crippen LogP contribution in [-0.4, -0.2) is 5.56 Å². The van der Waals surface area contributed by atoms with Crippen molar-refractivity contribution in [3.05, 3.63) is 109 Å². The van der Waals surface area contributed by atoms with Crippen LogP contribution in [0.5, 0.6) is 0 Å². The molecule has 198 valence electrons. The molecule has 0 spiro atoms. The average molecular weight is 780 g/mol. The van der Waals surface area contributed by atoms with E-state index < -0.39 is 0 Å². The maximum atomic E-state index is 6.26. The number of nitrogens with zero attached hydrogens (tertiary/aromatic N) is 2. The lowest BCUT2D eigenvalue weighted by molar-refractivity contribution is 0.669. The summed E-state index contributed by atoms with van der Waals surface area (Å²) in [6.07, 6.45) is 0. The highest BCUT2D eigenvalue weighted by atomic mass is 127. The minimum absolute atomic E-state index is 0.932. The number of aromatic nitrogens is 2. The van der Waals surface area contributed by atoms with E-state index in [0.29, 0.717) is 0 Å². The van der Waals surface area contributed by atoms with Gasteiger partial charge in [0, 0.05) is 52.5 Å². The molecule has 0 atom stereocenters. The summed E-state index contributed by atoms with van der Waals surface area (Å²) < 4.78 is 13.5. The van der Waals surface area contributed by atoms with Crippen LogP contribution >= 0.6 is 57.1 Å². The number of thiophene rings is 1. The van der Waals surface area contributed by atoms with Gasteiger partial charge in [-0.3, -0.25) is 5.56 Å². The van der Waals surface area contributed by atoms with Gasteiger partial charge in [-0.15, -0.1) is 11.3 Å². The third-order valence-electron chi connectivity index (χ3n) is 8.74. The van der Waals surface area contributed by atoms with E-state index >= 15 is 0 Å². The van der Waals surface area contributed by atoms with E-state index in [4.69, 9.17) is 4.42 Å². The SMILES string of the molecule is In1c2ccc(-c3ccc4sc5cc6c7ccccc7n(I)c6cc5c4c3)cc2c2cc3oc4ccccc4c3cc21. The van der Waals surface area contributed by atoms with Crippen LogP contribution in [0.4, 0.5) is 0 Å². The van der Waals surface area contributed by atoms with Crippen LogP contribution in [0.15, 0.2) is 114 Å². The number of halogens is 2. The molecule has 0 aliphatic heterocycles. The highest BCUT2D eigenvalue weighted by Gasteiger charge is 2.17. The summed E-state index contributed by atoms with van der Waals surface area (Å²) >= 11 is 6.75. The van der Waals surface area contributed by atoms with Gasteiger partial charge in [-0.05, 0) is 71.8 Å². The number of benzene rings is 6. The van der Waals surface area contributed by atoms with Crippen molar-refractivity contribution in [2.45, 2.75) is 0 Å². The molecule has 0 fully saturated rings. The van der Waals surface area contributed by atoms with Crippen LogP contribution in [0, 0.1) is 0 Å². The number of para-hydroxylation sites is 2. The van der Waals surface area contributed by atoms with Gasteiger partial charge in [0.15, 0.2) is 0 Å². The first kappa shape index (κ1) is 23.9. The summed E-state index contributed by atoms with van der Waals surface area (Å²) in [7, 11) is 0. The molecule has 4 aromatic heterocycles. The Balaban J connectivity index is 1.19. The molecule has 10 aromatic rings. The first-order valence-corrected chi connectivity index (χ1v) is 16.5. The van der Waals surface area contributed by atoms with Crippen LogP contribution in [0.2, 0.25) is 0 Å². The minimum Gasteiger partial charge on any atom is -0.456 e. The van der Waals surface area contributed by atoms with Gasteiger partial charge in [0.05, 0.1) is 67.8 Å². The molecule has 0 radical (unpaired) electrons. The normalized spacial score (nSPS) is 12.5. The molecule has 0 unspecified atom stereocenters. The molecule has 3 nitrogen and oxygen atoms in total. The zero-order valence-corrected chi connectivity index (χ0v) is 27.0. The predicted octanol–water partition coefficient (Wildman–Crippen LogP) is 12.2. The molecule has 6 aromatic carbocycles. The van der Waals surface area contributed by atoms with Gasteiger partial charge < -0.3 is 4.42 Å². The van der Waals surface area contributed by atoms with Crippen molar-refractivity contribution in [3.8, 4) is 11.1 Å². The number of rotatable bonds is 1. The third-order valence-corrected chi connectivity index (χ3v) is 12.0. The Labute approximate surface area is 270 Å². The van der Waals surface area contributed by atoms with E-state index in [1.165, 1.54) is 74.9 Å². The quantitative estimate of drug-likeness (QED) is 0.152. The Bertz CT molecular complexity index is 2780. The fourth-order valence-electron chi connectivity index (χ4n) is 6.74. The molecule has 0 bridgehead atoms. The summed E-state index contributed by atoms with van der Waals surface area (Å²) in [4.78, 5) is 0. The second kappa shape index (κ2) is 8.49. The zero-order valence-electron chi connectivity index (χ0n) is 21.9. The largest absolute Gasteiger partial charge is 0.456 e. The molecule has 10 rings (SSSR count). The summed E-state index contributed by atoms with van der Waals surface area (Å²) in [5.41, 5.74) is 9.27.